The molecule has 3 aromatic rings. The maximum absolute atomic E-state index is 13.4. The Morgan fingerprint density at radius 1 is 1.29 bits per heavy atom. The van der Waals surface area contributed by atoms with Gasteiger partial charge in [-0.05, 0) is 25.1 Å². The van der Waals surface area contributed by atoms with Crippen LogP contribution in [0.2, 0.25) is 5.02 Å². The van der Waals surface area contributed by atoms with E-state index in [1.807, 2.05) is 6.92 Å². The molecular formula is C20H17ClF3N5OS. The second kappa shape index (κ2) is 8.52. The summed E-state index contributed by atoms with van der Waals surface area (Å²) in [5.41, 5.74) is 3.07. The van der Waals surface area contributed by atoms with E-state index >= 15 is 0 Å². The van der Waals surface area contributed by atoms with Crippen LogP contribution in [0.15, 0.2) is 36.1 Å². The molecule has 3 heterocycles. The summed E-state index contributed by atoms with van der Waals surface area (Å²) in [6, 6.07) is 4.24. The van der Waals surface area contributed by atoms with E-state index in [0.29, 0.717) is 5.56 Å². The van der Waals surface area contributed by atoms with Crippen molar-refractivity contribution in [3.8, 4) is 11.4 Å². The van der Waals surface area contributed by atoms with Gasteiger partial charge in [-0.2, -0.15) is 0 Å². The largest absolute Gasteiger partial charge is 0.350 e. The lowest BCUT2D eigenvalue weighted by Crippen LogP contribution is -2.58. The number of nitrogens with one attached hydrogen (secondary N) is 1. The van der Waals surface area contributed by atoms with Crippen LogP contribution in [-0.4, -0.2) is 51.3 Å². The Morgan fingerprint density at radius 3 is 2.61 bits per heavy atom. The molecule has 6 nitrogen and oxygen atoms in total. The van der Waals surface area contributed by atoms with Crippen molar-refractivity contribution in [2.75, 3.05) is 19.6 Å². The standard InChI is InChI=1S/C20H17ClF3N5OS/c1-11-17(31-10-28-11)16(29-8-20(23,24)9-29)7-27-19(30)14-4-12(2-3-15(14)21)18-25-5-13(22)6-26-18/h2-6,10,16H,7-9H2,1H3,(H,27,30). The number of rotatable bonds is 6. The van der Waals surface area contributed by atoms with Gasteiger partial charge in [-0.15, -0.1) is 11.3 Å². The van der Waals surface area contributed by atoms with Crippen molar-refractivity contribution >= 4 is 28.8 Å². The van der Waals surface area contributed by atoms with Crippen LogP contribution in [0.25, 0.3) is 11.4 Å². The Kier molecular flexibility index (Phi) is 5.96. The van der Waals surface area contributed by atoms with Gasteiger partial charge in [0, 0.05) is 17.0 Å². The fourth-order valence-corrected chi connectivity index (χ4v) is 4.51. The highest BCUT2D eigenvalue weighted by atomic mass is 35.5. The number of benzene rings is 1. The lowest BCUT2D eigenvalue weighted by atomic mass is 10.0. The van der Waals surface area contributed by atoms with Crippen LogP contribution in [0.1, 0.15) is 27.0 Å². The molecule has 4 rings (SSSR count). The predicted octanol–water partition coefficient (Wildman–Crippen LogP) is 4.12. The zero-order chi connectivity index (χ0) is 22.2. The van der Waals surface area contributed by atoms with Crippen LogP contribution in [0.4, 0.5) is 13.2 Å². The van der Waals surface area contributed by atoms with Gasteiger partial charge in [0.15, 0.2) is 11.6 Å². The number of carbonyl (C=O) groups excluding carboxylic acids is 1. The molecule has 0 saturated carbocycles. The molecule has 1 aliphatic rings. The monoisotopic (exact) mass is 467 g/mol. The van der Waals surface area contributed by atoms with Crippen LogP contribution in [-0.2, 0) is 0 Å². The first kappa shape index (κ1) is 21.7. The number of hydrogen-bond donors (Lipinski definition) is 1. The first-order valence-electron chi connectivity index (χ1n) is 9.31. The summed E-state index contributed by atoms with van der Waals surface area (Å²) in [6.07, 6.45) is 2.06. The van der Waals surface area contributed by atoms with Crippen LogP contribution < -0.4 is 5.32 Å². The maximum Gasteiger partial charge on any atom is 0.272 e. The molecule has 162 valence electrons. The minimum atomic E-state index is -2.73. The highest BCUT2D eigenvalue weighted by molar-refractivity contribution is 7.09. The molecule has 1 fully saturated rings. The summed E-state index contributed by atoms with van der Waals surface area (Å²) >= 11 is 7.57. The van der Waals surface area contributed by atoms with Gasteiger partial charge in [0.1, 0.15) is 0 Å². The maximum atomic E-state index is 13.4. The summed E-state index contributed by atoms with van der Waals surface area (Å²) < 4.78 is 40.0. The fourth-order valence-electron chi connectivity index (χ4n) is 3.37. The summed E-state index contributed by atoms with van der Waals surface area (Å²) in [5, 5.41) is 3.00. The molecule has 1 amide bonds. The van der Waals surface area contributed by atoms with Crippen LogP contribution >= 0.6 is 22.9 Å². The second-order valence-electron chi connectivity index (χ2n) is 7.21. The minimum absolute atomic E-state index is 0.117. The molecule has 1 aromatic carbocycles. The molecule has 11 heteroatoms. The quantitative estimate of drug-likeness (QED) is 0.590. The van der Waals surface area contributed by atoms with Crippen LogP contribution in [0.5, 0.6) is 0 Å². The highest BCUT2D eigenvalue weighted by Gasteiger charge is 2.47. The molecule has 0 aliphatic carbocycles. The Bertz CT molecular complexity index is 1100. The minimum Gasteiger partial charge on any atom is -0.350 e. The van der Waals surface area contributed by atoms with Gasteiger partial charge >= 0.3 is 0 Å². The Labute approximate surface area is 185 Å². The summed E-state index contributed by atoms with van der Waals surface area (Å²) in [7, 11) is 0. The van der Waals surface area contributed by atoms with E-state index in [0.717, 1.165) is 23.0 Å². The van der Waals surface area contributed by atoms with Gasteiger partial charge in [0.05, 0.1) is 53.3 Å². The van der Waals surface area contributed by atoms with Gasteiger partial charge in [-0.3, -0.25) is 9.69 Å². The van der Waals surface area contributed by atoms with Crippen molar-refractivity contribution < 1.29 is 18.0 Å². The van der Waals surface area contributed by atoms with Crippen molar-refractivity contribution in [3.05, 3.63) is 63.1 Å². The molecule has 1 saturated heterocycles. The van der Waals surface area contributed by atoms with Gasteiger partial charge in [0.25, 0.3) is 11.8 Å². The Morgan fingerprint density at radius 2 is 2.00 bits per heavy atom. The van der Waals surface area contributed by atoms with E-state index in [9.17, 15) is 18.0 Å². The van der Waals surface area contributed by atoms with E-state index in [-0.39, 0.29) is 36.0 Å². The molecule has 0 spiro atoms. The smallest absolute Gasteiger partial charge is 0.272 e. The third-order valence-corrected chi connectivity index (χ3v) is 6.30. The third kappa shape index (κ3) is 4.70. The Hall–Kier alpha value is -2.56. The summed E-state index contributed by atoms with van der Waals surface area (Å²) in [5.74, 6) is -3.52. The lowest BCUT2D eigenvalue weighted by molar-refractivity contribution is -0.145. The fraction of sp³-hybridized carbons (Fsp3) is 0.300. The molecular weight excluding hydrogens is 451 g/mol. The number of amides is 1. The lowest BCUT2D eigenvalue weighted by Gasteiger charge is -2.43. The number of likely N-dealkylation sites (tertiary alicyclic amines) is 1. The normalized spacial score (nSPS) is 16.5. The number of carbonyl (C=O) groups is 1. The van der Waals surface area contributed by atoms with Crippen molar-refractivity contribution in [2.24, 2.45) is 0 Å². The number of nitrogens with zero attached hydrogens (tertiary/aromatic N) is 4. The third-order valence-electron chi connectivity index (χ3n) is 4.94. The van der Waals surface area contributed by atoms with E-state index in [2.05, 4.69) is 20.3 Å². The first-order chi connectivity index (χ1) is 14.7. The average Bonchev–Trinajstić information content (AvgIpc) is 3.13. The zero-order valence-corrected chi connectivity index (χ0v) is 17.9. The SMILES string of the molecule is Cc1ncsc1C(CNC(=O)c1cc(-c2ncc(F)cn2)ccc1Cl)N1CC(F)(F)C1. The summed E-state index contributed by atoms with van der Waals surface area (Å²) in [6.45, 7) is 1.18. The Balaban J connectivity index is 1.52. The topological polar surface area (TPSA) is 71.0 Å². The highest BCUT2D eigenvalue weighted by Crippen LogP contribution is 2.36. The van der Waals surface area contributed by atoms with E-state index in [1.165, 1.54) is 23.5 Å². The molecule has 1 N–H and O–H groups in total. The molecule has 0 bridgehead atoms. The number of thiazole rings is 1. The second-order valence-corrected chi connectivity index (χ2v) is 8.50. The number of aromatic nitrogens is 3. The van der Waals surface area contributed by atoms with Gasteiger partial charge in [-0.1, -0.05) is 11.6 Å². The van der Waals surface area contributed by atoms with Gasteiger partial charge < -0.3 is 5.32 Å². The molecule has 1 unspecified atom stereocenters. The zero-order valence-electron chi connectivity index (χ0n) is 16.3. The number of alkyl halides is 2. The van der Waals surface area contributed by atoms with Crippen molar-refractivity contribution in [3.63, 3.8) is 0 Å². The average molecular weight is 468 g/mol. The molecule has 1 atom stereocenters. The molecule has 1 aliphatic heterocycles. The number of aryl methyl sites for hydroxylation is 1. The first-order valence-corrected chi connectivity index (χ1v) is 10.6. The van der Waals surface area contributed by atoms with E-state index in [1.54, 1.807) is 16.5 Å². The molecule has 0 radical (unpaired) electrons. The molecule has 31 heavy (non-hydrogen) atoms. The van der Waals surface area contributed by atoms with Crippen molar-refractivity contribution in [1.82, 2.24) is 25.2 Å². The van der Waals surface area contributed by atoms with E-state index in [4.69, 9.17) is 11.6 Å². The summed E-state index contributed by atoms with van der Waals surface area (Å²) in [4.78, 5) is 27.3. The van der Waals surface area contributed by atoms with E-state index < -0.39 is 23.7 Å². The molecule has 2 aromatic heterocycles. The number of halogens is 4. The number of hydrogen-bond acceptors (Lipinski definition) is 6. The van der Waals surface area contributed by atoms with Gasteiger partial charge in [-0.25, -0.2) is 28.1 Å². The van der Waals surface area contributed by atoms with Crippen molar-refractivity contribution in [2.45, 2.75) is 18.9 Å². The van der Waals surface area contributed by atoms with Crippen LogP contribution in [0.3, 0.4) is 0 Å². The predicted molar refractivity (Wildman–Crippen MR) is 111 cm³/mol. The van der Waals surface area contributed by atoms with Gasteiger partial charge in [0.2, 0.25) is 0 Å². The van der Waals surface area contributed by atoms with Crippen LogP contribution in [0, 0.1) is 12.7 Å². The van der Waals surface area contributed by atoms with Crippen molar-refractivity contribution in [1.29, 1.82) is 0 Å².